The second-order valence-electron chi connectivity index (χ2n) is 5.07. The van der Waals surface area contributed by atoms with Gasteiger partial charge >= 0.3 is 0 Å². The lowest BCUT2D eigenvalue weighted by Crippen LogP contribution is -2.39. The smallest absolute Gasteiger partial charge is 0.169 e. The molecule has 0 fully saturated rings. The Morgan fingerprint density at radius 2 is 1.90 bits per heavy atom. The van der Waals surface area contributed by atoms with E-state index in [1.54, 1.807) is 14.2 Å². The van der Waals surface area contributed by atoms with Crippen LogP contribution in [0, 0.1) is 0 Å². The Hall–Kier alpha value is -1.53. The lowest BCUT2D eigenvalue weighted by Gasteiger charge is -2.23. The van der Waals surface area contributed by atoms with Crippen LogP contribution >= 0.6 is 12.2 Å². The summed E-state index contributed by atoms with van der Waals surface area (Å²) in [5.74, 6) is 1.59. The van der Waals surface area contributed by atoms with E-state index < -0.39 is 0 Å². The van der Waals surface area contributed by atoms with E-state index in [2.05, 4.69) is 10.2 Å². The summed E-state index contributed by atoms with van der Waals surface area (Å²) in [6.07, 6.45) is 0. The predicted molar refractivity (Wildman–Crippen MR) is 90.2 cm³/mol. The highest BCUT2D eigenvalue weighted by molar-refractivity contribution is 7.80. The molecule has 0 bridgehead atoms. The highest BCUT2D eigenvalue weighted by Crippen LogP contribution is 2.25. The van der Waals surface area contributed by atoms with Crippen molar-refractivity contribution >= 4 is 17.3 Å². The zero-order valence-electron chi connectivity index (χ0n) is 13.5. The zero-order chi connectivity index (χ0) is 15.8. The second kappa shape index (κ2) is 8.69. The third kappa shape index (κ3) is 5.77. The Labute approximate surface area is 132 Å². The third-order valence-corrected chi connectivity index (χ3v) is 3.54. The third-order valence-electron chi connectivity index (χ3n) is 3.08. The summed E-state index contributed by atoms with van der Waals surface area (Å²) in [5, 5.41) is 3.98. The van der Waals surface area contributed by atoms with Gasteiger partial charge in [-0.3, -0.25) is 0 Å². The van der Waals surface area contributed by atoms with Crippen molar-refractivity contribution in [3.05, 3.63) is 23.8 Å². The molecule has 0 saturated carbocycles. The Bertz CT molecular complexity index is 466. The highest BCUT2D eigenvalue weighted by Gasteiger charge is 2.10. The fourth-order valence-electron chi connectivity index (χ4n) is 1.83. The van der Waals surface area contributed by atoms with Gasteiger partial charge in [-0.1, -0.05) is 0 Å². The molecule has 0 radical (unpaired) electrons. The number of benzene rings is 1. The molecule has 1 aromatic carbocycles. The fourth-order valence-corrected chi connectivity index (χ4v) is 2.00. The first-order valence-corrected chi connectivity index (χ1v) is 7.23. The van der Waals surface area contributed by atoms with Crippen molar-refractivity contribution in [3.8, 4) is 11.5 Å². The monoisotopic (exact) mass is 311 g/mol. The topological polar surface area (TPSA) is 37.0 Å². The van der Waals surface area contributed by atoms with Gasteiger partial charge in [0.25, 0.3) is 0 Å². The van der Waals surface area contributed by atoms with E-state index in [-0.39, 0.29) is 0 Å². The first-order chi connectivity index (χ1) is 9.97. The van der Waals surface area contributed by atoms with Gasteiger partial charge in [0.2, 0.25) is 0 Å². The second-order valence-corrected chi connectivity index (χ2v) is 5.46. The standard InChI is InChI=1S/C15H25N3O2S/c1-17(2)9-8-16-15(21)18(3)11-12-6-7-13(19-4)10-14(12)20-5/h6-7,10H,8-9,11H2,1-5H3,(H,16,21). The predicted octanol–water partition coefficient (Wildman–Crippen LogP) is 1.57. The van der Waals surface area contributed by atoms with Crippen molar-refractivity contribution in [2.45, 2.75) is 6.54 Å². The molecule has 0 heterocycles. The number of methoxy groups -OCH3 is 2. The van der Waals surface area contributed by atoms with E-state index in [0.717, 1.165) is 35.3 Å². The van der Waals surface area contributed by atoms with Crippen molar-refractivity contribution in [2.75, 3.05) is 48.5 Å². The number of nitrogens with one attached hydrogen (secondary N) is 1. The molecule has 0 unspecified atom stereocenters. The Balaban J connectivity index is 2.61. The normalized spacial score (nSPS) is 10.4. The average Bonchev–Trinajstić information content (AvgIpc) is 2.46. The summed E-state index contributed by atoms with van der Waals surface area (Å²) >= 11 is 5.39. The summed E-state index contributed by atoms with van der Waals surface area (Å²) < 4.78 is 10.6. The first kappa shape index (κ1) is 17.5. The van der Waals surface area contributed by atoms with Crippen LogP contribution in [-0.4, -0.2) is 63.4 Å². The summed E-state index contributed by atoms with van der Waals surface area (Å²) in [5.41, 5.74) is 1.07. The van der Waals surface area contributed by atoms with Crippen LogP contribution in [0.2, 0.25) is 0 Å². The molecule has 0 aliphatic heterocycles. The molecule has 0 aromatic heterocycles. The maximum Gasteiger partial charge on any atom is 0.169 e. The number of thiocarbonyl (C=S) groups is 1. The molecule has 1 rings (SSSR count). The van der Waals surface area contributed by atoms with Crippen molar-refractivity contribution in [3.63, 3.8) is 0 Å². The van der Waals surface area contributed by atoms with Gasteiger partial charge in [0.05, 0.1) is 14.2 Å². The summed E-state index contributed by atoms with van der Waals surface area (Å²) in [4.78, 5) is 4.11. The number of rotatable bonds is 7. The summed E-state index contributed by atoms with van der Waals surface area (Å²) in [6, 6.07) is 5.80. The quantitative estimate of drug-likeness (QED) is 0.771. The Kier molecular flexibility index (Phi) is 7.25. The zero-order valence-corrected chi connectivity index (χ0v) is 14.3. The van der Waals surface area contributed by atoms with Crippen LogP contribution in [0.3, 0.4) is 0 Å². The molecular weight excluding hydrogens is 286 g/mol. The van der Waals surface area contributed by atoms with Gasteiger partial charge in [-0.05, 0) is 38.4 Å². The van der Waals surface area contributed by atoms with Crippen molar-refractivity contribution in [1.82, 2.24) is 15.1 Å². The molecule has 1 aromatic rings. The SMILES string of the molecule is COc1ccc(CN(C)C(=S)NCCN(C)C)c(OC)c1. The van der Waals surface area contributed by atoms with Crippen LogP contribution in [-0.2, 0) is 6.54 Å². The molecule has 1 N–H and O–H groups in total. The fraction of sp³-hybridized carbons (Fsp3) is 0.533. The lowest BCUT2D eigenvalue weighted by molar-refractivity contribution is 0.382. The molecular formula is C15H25N3O2S. The van der Waals surface area contributed by atoms with E-state index in [0.29, 0.717) is 6.54 Å². The summed E-state index contributed by atoms with van der Waals surface area (Å²) in [6.45, 7) is 2.46. The van der Waals surface area contributed by atoms with Gasteiger partial charge in [-0.25, -0.2) is 0 Å². The van der Waals surface area contributed by atoms with Crippen LogP contribution < -0.4 is 14.8 Å². The molecule has 0 aliphatic carbocycles. The number of hydrogen-bond acceptors (Lipinski definition) is 4. The van der Waals surface area contributed by atoms with Gasteiger partial charge < -0.3 is 24.6 Å². The molecule has 0 amide bonds. The number of likely N-dealkylation sites (N-methyl/N-ethyl adjacent to an activating group) is 1. The molecule has 0 spiro atoms. The van der Waals surface area contributed by atoms with Crippen LogP contribution in [0.1, 0.15) is 5.56 Å². The van der Waals surface area contributed by atoms with Gasteiger partial charge in [0.15, 0.2) is 5.11 Å². The van der Waals surface area contributed by atoms with E-state index >= 15 is 0 Å². The van der Waals surface area contributed by atoms with Crippen molar-refractivity contribution in [1.29, 1.82) is 0 Å². The number of hydrogen-bond donors (Lipinski definition) is 1. The molecule has 5 nitrogen and oxygen atoms in total. The van der Waals surface area contributed by atoms with Crippen LogP contribution in [0.15, 0.2) is 18.2 Å². The van der Waals surface area contributed by atoms with Gasteiger partial charge in [-0.15, -0.1) is 0 Å². The molecule has 0 aliphatic rings. The molecule has 118 valence electrons. The number of nitrogens with zero attached hydrogens (tertiary/aromatic N) is 2. The highest BCUT2D eigenvalue weighted by atomic mass is 32.1. The van der Waals surface area contributed by atoms with Gasteiger partial charge in [0, 0.05) is 38.3 Å². The van der Waals surface area contributed by atoms with Crippen molar-refractivity contribution in [2.24, 2.45) is 0 Å². The molecule has 0 saturated heterocycles. The minimum atomic E-state index is 0.682. The van der Waals surface area contributed by atoms with Crippen LogP contribution in [0.25, 0.3) is 0 Å². The molecule has 6 heteroatoms. The van der Waals surface area contributed by atoms with E-state index in [9.17, 15) is 0 Å². The maximum atomic E-state index is 5.40. The first-order valence-electron chi connectivity index (χ1n) is 6.82. The minimum absolute atomic E-state index is 0.682. The molecule has 0 atom stereocenters. The lowest BCUT2D eigenvalue weighted by atomic mass is 10.2. The maximum absolute atomic E-state index is 5.40. The van der Waals surface area contributed by atoms with Crippen molar-refractivity contribution < 1.29 is 9.47 Å². The van der Waals surface area contributed by atoms with E-state index in [4.69, 9.17) is 21.7 Å². The largest absolute Gasteiger partial charge is 0.497 e. The van der Waals surface area contributed by atoms with Gasteiger partial charge in [0.1, 0.15) is 11.5 Å². The van der Waals surface area contributed by atoms with Crippen LogP contribution in [0.5, 0.6) is 11.5 Å². The summed E-state index contributed by atoms with van der Waals surface area (Å²) in [7, 11) is 9.35. The van der Waals surface area contributed by atoms with E-state index in [1.165, 1.54) is 0 Å². The Morgan fingerprint density at radius 1 is 1.19 bits per heavy atom. The number of ether oxygens (including phenoxy) is 2. The van der Waals surface area contributed by atoms with E-state index in [1.807, 2.05) is 44.2 Å². The Morgan fingerprint density at radius 3 is 2.48 bits per heavy atom. The molecule has 21 heavy (non-hydrogen) atoms. The minimum Gasteiger partial charge on any atom is -0.497 e. The van der Waals surface area contributed by atoms with Gasteiger partial charge in [-0.2, -0.15) is 0 Å². The average molecular weight is 311 g/mol. The van der Waals surface area contributed by atoms with Crippen LogP contribution in [0.4, 0.5) is 0 Å².